The maximum Gasteiger partial charge on any atom is 0.109 e. The minimum Gasteiger partial charge on any atom is -0.381 e. The summed E-state index contributed by atoms with van der Waals surface area (Å²) in [6, 6.07) is 0. The fourth-order valence-corrected chi connectivity index (χ4v) is 1.51. The molecule has 0 spiro atoms. The van der Waals surface area contributed by atoms with Crippen LogP contribution in [-0.4, -0.2) is 19.8 Å². The van der Waals surface area contributed by atoms with Crippen molar-refractivity contribution < 1.29 is 7.80 Å². The molecular formula is C6H11IO2. The van der Waals surface area contributed by atoms with Gasteiger partial charge in [0.2, 0.25) is 0 Å². The van der Waals surface area contributed by atoms with Crippen LogP contribution < -0.4 is 0 Å². The predicted octanol–water partition coefficient (Wildman–Crippen LogP) is 1.78. The number of halogens is 1. The zero-order valence-electron chi connectivity index (χ0n) is 5.31. The lowest BCUT2D eigenvalue weighted by Crippen LogP contribution is -2.18. The molecular weight excluding hydrogens is 231 g/mol. The van der Waals surface area contributed by atoms with Crippen molar-refractivity contribution in [3.8, 4) is 0 Å². The molecule has 1 aliphatic heterocycles. The van der Waals surface area contributed by atoms with E-state index in [-0.39, 0.29) is 0 Å². The van der Waals surface area contributed by atoms with E-state index in [1.807, 2.05) is 23.0 Å². The maximum absolute atomic E-state index is 5.19. The highest BCUT2D eigenvalue weighted by Gasteiger charge is 2.12. The molecule has 0 aromatic heterocycles. The van der Waals surface area contributed by atoms with Gasteiger partial charge < -0.3 is 7.80 Å². The standard InChI is InChI=1S/C6H11IO2/c7-9-5-6-1-3-8-4-2-6/h6H,1-5H2. The normalized spacial score (nSPS) is 22.3. The molecule has 54 valence electrons. The van der Waals surface area contributed by atoms with Gasteiger partial charge in [0.25, 0.3) is 0 Å². The number of rotatable bonds is 2. The average Bonchev–Trinajstić information content (AvgIpc) is 1.91. The third-order valence-electron chi connectivity index (χ3n) is 1.64. The third-order valence-corrected chi connectivity index (χ3v) is 2.00. The fourth-order valence-electron chi connectivity index (χ4n) is 1.00. The molecule has 1 saturated heterocycles. The van der Waals surface area contributed by atoms with Crippen molar-refractivity contribution in [2.45, 2.75) is 12.8 Å². The Morgan fingerprint density at radius 1 is 1.44 bits per heavy atom. The Labute approximate surface area is 69.6 Å². The molecule has 2 nitrogen and oxygen atoms in total. The van der Waals surface area contributed by atoms with E-state index >= 15 is 0 Å². The molecule has 0 aromatic carbocycles. The average molecular weight is 242 g/mol. The summed E-state index contributed by atoms with van der Waals surface area (Å²) in [5, 5.41) is 0. The molecule has 0 bridgehead atoms. The fraction of sp³-hybridized carbons (Fsp3) is 1.00. The second-order valence-corrected chi connectivity index (χ2v) is 2.95. The highest BCUT2D eigenvalue weighted by molar-refractivity contribution is 14.1. The van der Waals surface area contributed by atoms with Crippen molar-refractivity contribution in [3.05, 3.63) is 0 Å². The van der Waals surface area contributed by atoms with E-state index in [1.54, 1.807) is 0 Å². The first kappa shape index (κ1) is 7.75. The summed E-state index contributed by atoms with van der Waals surface area (Å²) < 4.78 is 10.2. The minimum atomic E-state index is 0.746. The molecule has 0 atom stereocenters. The summed E-state index contributed by atoms with van der Waals surface area (Å²) in [5.41, 5.74) is 0. The van der Waals surface area contributed by atoms with Crippen LogP contribution in [0.2, 0.25) is 0 Å². The van der Waals surface area contributed by atoms with E-state index in [2.05, 4.69) is 0 Å². The lowest BCUT2D eigenvalue weighted by molar-refractivity contribution is 0.0556. The predicted molar refractivity (Wildman–Crippen MR) is 43.5 cm³/mol. The van der Waals surface area contributed by atoms with Gasteiger partial charge in [-0.05, 0) is 18.8 Å². The van der Waals surface area contributed by atoms with Gasteiger partial charge in [0, 0.05) is 13.2 Å². The van der Waals surface area contributed by atoms with Gasteiger partial charge in [0.15, 0.2) is 0 Å². The van der Waals surface area contributed by atoms with Crippen LogP contribution in [0.3, 0.4) is 0 Å². The molecule has 1 rings (SSSR count). The van der Waals surface area contributed by atoms with Gasteiger partial charge in [-0.3, -0.25) is 0 Å². The van der Waals surface area contributed by atoms with Crippen LogP contribution in [-0.2, 0) is 7.80 Å². The molecule has 0 amide bonds. The number of hydrogen-bond donors (Lipinski definition) is 0. The van der Waals surface area contributed by atoms with Crippen LogP contribution in [0.15, 0.2) is 0 Å². The van der Waals surface area contributed by atoms with Gasteiger partial charge in [-0.1, -0.05) is 0 Å². The Bertz CT molecular complexity index is 68.7. The Hall–Kier alpha value is 0.650. The van der Waals surface area contributed by atoms with E-state index < -0.39 is 0 Å². The Morgan fingerprint density at radius 2 is 2.11 bits per heavy atom. The molecule has 0 N–H and O–H groups in total. The summed E-state index contributed by atoms with van der Waals surface area (Å²) in [6.07, 6.45) is 2.34. The summed E-state index contributed by atoms with van der Waals surface area (Å²) in [7, 11) is 0. The molecule has 0 radical (unpaired) electrons. The van der Waals surface area contributed by atoms with Gasteiger partial charge >= 0.3 is 0 Å². The molecule has 9 heavy (non-hydrogen) atoms. The van der Waals surface area contributed by atoms with Crippen LogP contribution in [0.5, 0.6) is 0 Å². The van der Waals surface area contributed by atoms with Gasteiger partial charge in [-0.2, -0.15) is 0 Å². The first-order valence-corrected chi connectivity index (χ1v) is 4.13. The van der Waals surface area contributed by atoms with Crippen LogP contribution in [0.1, 0.15) is 12.8 Å². The summed E-state index contributed by atoms with van der Waals surface area (Å²) in [6.45, 7) is 2.74. The van der Waals surface area contributed by atoms with Gasteiger partial charge in [-0.25, -0.2) is 0 Å². The van der Waals surface area contributed by atoms with E-state index in [4.69, 9.17) is 7.80 Å². The van der Waals surface area contributed by atoms with E-state index in [0.717, 1.165) is 25.7 Å². The molecule has 0 aromatic rings. The van der Waals surface area contributed by atoms with Crippen molar-refractivity contribution in [1.29, 1.82) is 0 Å². The molecule has 1 fully saturated rings. The Balaban J connectivity index is 2.08. The summed E-state index contributed by atoms with van der Waals surface area (Å²) in [5.74, 6) is 0.746. The molecule has 0 unspecified atom stereocenters. The summed E-state index contributed by atoms with van der Waals surface area (Å²) >= 11 is 1.95. The van der Waals surface area contributed by atoms with E-state index in [9.17, 15) is 0 Å². The smallest absolute Gasteiger partial charge is 0.109 e. The third kappa shape index (κ3) is 2.82. The monoisotopic (exact) mass is 242 g/mol. The SMILES string of the molecule is IOCC1CCOCC1. The van der Waals surface area contributed by atoms with Crippen LogP contribution in [0, 0.1) is 5.92 Å². The van der Waals surface area contributed by atoms with Crippen molar-refractivity contribution in [1.82, 2.24) is 0 Å². The number of ether oxygens (including phenoxy) is 1. The second kappa shape index (κ2) is 4.46. The van der Waals surface area contributed by atoms with Crippen molar-refractivity contribution in [2.24, 2.45) is 5.92 Å². The molecule has 1 heterocycles. The topological polar surface area (TPSA) is 18.5 Å². The first-order chi connectivity index (χ1) is 4.43. The largest absolute Gasteiger partial charge is 0.381 e. The van der Waals surface area contributed by atoms with E-state index in [0.29, 0.717) is 0 Å². The Kier molecular flexibility index (Phi) is 3.85. The summed E-state index contributed by atoms with van der Waals surface area (Å²) in [4.78, 5) is 0. The van der Waals surface area contributed by atoms with Crippen molar-refractivity contribution in [2.75, 3.05) is 19.8 Å². The lowest BCUT2D eigenvalue weighted by atomic mass is 10.0. The van der Waals surface area contributed by atoms with Gasteiger partial charge in [-0.15, -0.1) is 0 Å². The van der Waals surface area contributed by atoms with Gasteiger partial charge in [0.1, 0.15) is 23.0 Å². The molecule has 0 saturated carbocycles. The maximum atomic E-state index is 5.19. The van der Waals surface area contributed by atoms with Crippen molar-refractivity contribution >= 4 is 23.0 Å². The van der Waals surface area contributed by atoms with Gasteiger partial charge in [0.05, 0.1) is 6.61 Å². The van der Waals surface area contributed by atoms with E-state index in [1.165, 1.54) is 12.8 Å². The lowest BCUT2D eigenvalue weighted by Gasteiger charge is -2.19. The highest BCUT2D eigenvalue weighted by Crippen LogP contribution is 2.15. The Morgan fingerprint density at radius 3 is 2.67 bits per heavy atom. The molecule has 0 aliphatic carbocycles. The second-order valence-electron chi connectivity index (χ2n) is 2.33. The quantitative estimate of drug-likeness (QED) is 0.687. The number of hydrogen-bond acceptors (Lipinski definition) is 2. The van der Waals surface area contributed by atoms with Crippen molar-refractivity contribution in [3.63, 3.8) is 0 Å². The zero-order chi connectivity index (χ0) is 6.53. The van der Waals surface area contributed by atoms with Crippen LogP contribution in [0.4, 0.5) is 0 Å². The highest BCUT2D eigenvalue weighted by atomic mass is 127. The zero-order valence-corrected chi connectivity index (χ0v) is 7.46. The van der Waals surface area contributed by atoms with Crippen LogP contribution >= 0.6 is 23.0 Å². The van der Waals surface area contributed by atoms with Crippen LogP contribution in [0.25, 0.3) is 0 Å². The molecule has 3 heteroatoms. The molecule has 1 aliphatic rings. The first-order valence-electron chi connectivity index (χ1n) is 3.25. The minimum absolute atomic E-state index is 0.746.